The highest BCUT2D eigenvalue weighted by molar-refractivity contribution is 7.80. The van der Waals surface area contributed by atoms with E-state index < -0.39 is 70.2 Å². The highest BCUT2D eigenvalue weighted by Gasteiger charge is 2.44. The Balaban J connectivity index is 2.11. The Labute approximate surface area is 264 Å². The molecule has 0 aliphatic rings. The van der Waals surface area contributed by atoms with Crippen LogP contribution in [-0.2, 0) is 24.7 Å². The van der Waals surface area contributed by atoms with Crippen LogP contribution in [0.15, 0.2) is 94.7 Å². The van der Waals surface area contributed by atoms with Gasteiger partial charge in [-0.3, -0.25) is 0 Å². The van der Waals surface area contributed by atoms with E-state index in [4.69, 9.17) is 0 Å². The maximum absolute atomic E-state index is 14.5. The number of para-hydroxylation sites is 2. The van der Waals surface area contributed by atoms with Crippen molar-refractivity contribution >= 4 is 36.6 Å². The van der Waals surface area contributed by atoms with Gasteiger partial charge in [0.15, 0.2) is 0 Å². The van der Waals surface area contributed by atoms with Crippen LogP contribution in [0.1, 0.15) is 45.5 Å². The highest BCUT2D eigenvalue weighted by atomic mass is 32.1. The van der Waals surface area contributed by atoms with E-state index in [0.717, 1.165) is 0 Å². The number of alkyl halides is 12. The van der Waals surface area contributed by atoms with Crippen LogP contribution in [0.2, 0.25) is 0 Å². The summed E-state index contributed by atoms with van der Waals surface area (Å²) < 4.78 is 168. The van der Waals surface area contributed by atoms with Crippen LogP contribution in [0.4, 0.5) is 64.1 Å². The average Bonchev–Trinajstić information content (AvgIpc) is 2.94. The lowest BCUT2D eigenvalue weighted by Crippen LogP contribution is -2.30. The molecule has 246 valence electrons. The minimum absolute atomic E-state index is 0.0460. The van der Waals surface area contributed by atoms with Crippen molar-refractivity contribution in [3.63, 3.8) is 0 Å². The van der Waals surface area contributed by atoms with E-state index in [1.54, 1.807) is 0 Å². The Hall–Kier alpha value is -3.66. The lowest BCUT2D eigenvalue weighted by molar-refractivity contribution is -0.145. The molecule has 0 saturated heterocycles. The number of hydrogen-bond acceptors (Lipinski definition) is 4. The summed E-state index contributed by atoms with van der Waals surface area (Å²) in [6.07, 6.45) is -21.4. The summed E-state index contributed by atoms with van der Waals surface area (Å²) in [5.41, 5.74) is -9.05. The minimum Gasteiger partial charge on any atom is -0.375 e. The van der Waals surface area contributed by atoms with Gasteiger partial charge in [0.05, 0.1) is 34.3 Å². The number of anilines is 2. The van der Waals surface area contributed by atoms with Crippen molar-refractivity contribution in [2.24, 2.45) is 0 Å². The molecule has 0 spiro atoms. The lowest BCUT2D eigenvalue weighted by atomic mass is 9.86. The Morgan fingerprint density at radius 1 is 0.435 bits per heavy atom. The van der Waals surface area contributed by atoms with Crippen LogP contribution in [0.25, 0.3) is 0 Å². The van der Waals surface area contributed by atoms with Crippen molar-refractivity contribution in [3.05, 3.63) is 118 Å². The molecule has 2 atom stereocenters. The standard InChI is InChI=1S/C30H20F12N2S2/c31-27(32,33)15-9-11-17(19(13-15)29(37,38)39)25(43-21-5-1-3-7-23(21)45)26(44-22-6-2-4-8-24(22)46)18-12-10-16(28(34,35)36)14-20(18)30(40,41)42/h1-14,25-26,43-46H. The van der Waals surface area contributed by atoms with Crippen LogP contribution in [0.5, 0.6) is 0 Å². The number of nitrogens with one attached hydrogen (secondary N) is 2. The third kappa shape index (κ3) is 8.00. The van der Waals surface area contributed by atoms with Gasteiger partial charge in [0.25, 0.3) is 0 Å². The van der Waals surface area contributed by atoms with Gasteiger partial charge in [0, 0.05) is 21.2 Å². The molecule has 4 aromatic rings. The zero-order valence-corrected chi connectivity index (χ0v) is 24.5. The molecule has 4 aromatic carbocycles. The predicted molar refractivity (Wildman–Crippen MR) is 153 cm³/mol. The third-order valence-electron chi connectivity index (χ3n) is 6.81. The molecule has 0 fully saturated rings. The second-order valence-corrected chi connectivity index (χ2v) is 10.8. The summed E-state index contributed by atoms with van der Waals surface area (Å²) in [5.74, 6) is 0. The zero-order valence-electron chi connectivity index (χ0n) is 22.7. The highest BCUT2D eigenvalue weighted by Crippen LogP contribution is 2.48. The van der Waals surface area contributed by atoms with Gasteiger partial charge in [0.2, 0.25) is 0 Å². The summed E-state index contributed by atoms with van der Waals surface area (Å²) >= 11 is 8.47. The first-order valence-corrected chi connectivity index (χ1v) is 13.7. The number of hydrogen-bond donors (Lipinski definition) is 4. The Morgan fingerprint density at radius 3 is 1.04 bits per heavy atom. The van der Waals surface area contributed by atoms with Crippen LogP contribution in [0, 0.1) is 0 Å². The molecule has 2 unspecified atom stereocenters. The molecule has 46 heavy (non-hydrogen) atoms. The maximum Gasteiger partial charge on any atom is 0.416 e. The first-order valence-electron chi connectivity index (χ1n) is 12.8. The summed E-state index contributed by atoms with van der Waals surface area (Å²) in [4.78, 5) is 0.176. The molecule has 0 heterocycles. The van der Waals surface area contributed by atoms with E-state index in [1.165, 1.54) is 48.5 Å². The molecule has 0 aliphatic heterocycles. The number of halogens is 12. The SMILES string of the molecule is FC(F)(F)c1ccc(C(Nc2ccccc2S)C(Nc2ccccc2S)c2ccc(C(F)(F)F)cc2C(F)(F)F)c(C(F)(F)F)c1. The molecular weight excluding hydrogens is 680 g/mol. The Morgan fingerprint density at radius 2 is 0.761 bits per heavy atom. The zero-order chi connectivity index (χ0) is 34.2. The summed E-state index contributed by atoms with van der Waals surface area (Å²) in [6.45, 7) is 0. The molecule has 0 amide bonds. The van der Waals surface area contributed by atoms with E-state index in [2.05, 4.69) is 35.9 Å². The summed E-state index contributed by atoms with van der Waals surface area (Å²) in [7, 11) is 0. The fourth-order valence-corrected chi connectivity index (χ4v) is 5.16. The number of benzene rings is 4. The predicted octanol–water partition coefficient (Wildman–Crippen LogP) is 11.3. The second-order valence-electron chi connectivity index (χ2n) is 9.87. The van der Waals surface area contributed by atoms with Crippen molar-refractivity contribution in [3.8, 4) is 0 Å². The topological polar surface area (TPSA) is 24.1 Å². The van der Waals surface area contributed by atoms with Crippen LogP contribution < -0.4 is 10.6 Å². The molecule has 0 radical (unpaired) electrons. The third-order valence-corrected chi connectivity index (χ3v) is 7.59. The number of rotatable bonds is 7. The normalized spacial score (nSPS) is 14.1. The van der Waals surface area contributed by atoms with Crippen LogP contribution in [-0.4, -0.2) is 0 Å². The quantitative estimate of drug-likeness (QED) is 0.114. The van der Waals surface area contributed by atoms with Crippen molar-refractivity contribution < 1.29 is 52.7 Å². The van der Waals surface area contributed by atoms with Gasteiger partial charge in [-0.15, -0.1) is 25.3 Å². The molecular formula is C30H20F12N2S2. The first kappa shape index (κ1) is 35.2. The average molecular weight is 701 g/mol. The molecule has 2 N–H and O–H groups in total. The van der Waals surface area contributed by atoms with Gasteiger partial charge in [-0.1, -0.05) is 36.4 Å². The molecule has 0 aromatic heterocycles. The lowest BCUT2D eigenvalue weighted by Gasteiger charge is -2.35. The van der Waals surface area contributed by atoms with Crippen LogP contribution >= 0.6 is 25.3 Å². The van der Waals surface area contributed by atoms with Gasteiger partial charge >= 0.3 is 24.7 Å². The van der Waals surface area contributed by atoms with Crippen molar-refractivity contribution in [2.45, 2.75) is 46.6 Å². The fraction of sp³-hybridized carbons (Fsp3) is 0.200. The van der Waals surface area contributed by atoms with E-state index in [9.17, 15) is 52.7 Å². The van der Waals surface area contributed by atoms with Gasteiger partial charge in [-0.05, 0) is 59.7 Å². The van der Waals surface area contributed by atoms with Crippen molar-refractivity contribution in [1.29, 1.82) is 0 Å². The molecule has 0 saturated carbocycles. The van der Waals surface area contributed by atoms with E-state index >= 15 is 0 Å². The molecule has 2 nitrogen and oxygen atoms in total. The largest absolute Gasteiger partial charge is 0.416 e. The minimum atomic E-state index is -5.46. The van der Waals surface area contributed by atoms with E-state index in [-0.39, 0.29) is 33.3 Å². The summed E-state index contributed by atoms with van der Waals surface area (Å²) in [6, 6.07) is 8.30. The van der Waals surface area contributed by atoms with Gasteiger partial charge < -0.3 is 10.6 Å². The Kier molecular flexibility index (Phi) is 9.84. The monoisotopic (exact) mass is 700 g/mol. The van der Waals surface area contributed by atoms with Crippen molar-refractivity contribution in [2.75, 3.05) is 10.6 Å². The summed E-state index contributed by atoms with van der Waals surface area (Å²) in [5, 5.41) is 5.32. The molecule has 16 heteroatoms. The smallest absolute Gasteiger partial charge is 0.375 e. The fourth-order valence-electron chi connectivity index (χ4n) is 4.71. The van der Waals surface area contributed by atoms with E-state index in [0.29, 0.717) is 24.3 Å². The molecule has 0 bridgehead atoms. The van der Waals surface area contributed by atoms with E-state index in [1.807, 2.05) is 0 Å². The molecule has 0 aliphatic carbocycles. The van der Waals surface area contributed by atoms with Gasteiger partial charge in [-0.2, -0.15) is 52.7 Å². The first-order chi connectivity index (χ1) is 21.2. The van der Waals surface area contributed by atoms with Crippen molar-refractivity contribution in [1.82, 2.24) is 0 Å². The molecule has 4 rings (SSSR count). The van der Waals surface area contributed by atoms with Crippen LogP contribution in [0.3, 0.4) is 0 Å². The maximum atomic E-state index is 14.5. The number of thiol groups is 2. The van der Waals surface area contributed by atoms with Gasteiger partial charge in [0.1, 0.15) is 0 Å². The Bertz CT molecular complexity index is 1570. The second kappa shape index (κ2) is 12.9. The van der Waals surface area contributed by atoms with Gasteiger partial charge in [-0.25, -0.2) is 0 Å².